The number of hydrogen-bond acceptors (Lipinski definition) is 9. The molecule has 4 aliphatic carbocycles. The van der Waals surface area contributed by atoms with Gasteiger partial charge in [-0.1, -0.05) is 53.2 Å². The Morgan fingerprint density at radius 1 is 1.07 bits per heavy atom. The van der Waals surface area contributed by atoms with Gasteiger partial charge in [0, 0.05) is 17.8 Å². The van der Waals surface area contributed by atoms with Gasteiger partial charge in [0.1, 0.15) is 24.1 Å². The van der Waals surface area contributed by atoms with E-state index in [-0.39, 0.29) is 58.4 Å². The molecule has 5 rings (SSSR count). The molecule has 0 radical (unpaired) electrons. The van der Waals surface area contributed by atoms with Gasteiger partial charge in [0.15, 0.2) is 18.2 Å². The van der Waals surface area contributed by atoms with Crippen LogP contribution in [-0.2, 0) is 23.9 Å². The number of aliphatic hydroxyl groups excluding tert-OH is 4. The number of aliphatic hydroxyl groups is 4. The fourth-order valence-corrected chi connectivity index (χ4v) is 9.95. The molecule has 1 heterocycles. The number of ketones is 2. The zero-order valence-corrected chi connectivity index (χ0v) is 27.4. The lowest BCUT2D eigenvalue weighted by Crippen LogP contribution is -2.61. The first kappa shape index (κ1) is 34.2. The average Bonchev–Trinajstić information content (AvgIpc) is 3.17. The van der Waals surface area contributed by atoms with E-state index in [1.54, 1.807) is 0 Å². The maximum Gasteiger partial charge on any atom is 0.335 e. The van der Waals surface area contributed by atoms with E-state index in [1.165, 1.54) is 0 Å². The molecule has 0 bridgehead atoms. The number of fused-ring (bicyclic) bond motifs is 5. The van der Waals surface area contributed by atoms with E-state index in [0.29, 0.717) is 25.7 Å². The highest BCUT2D eigenvalue weighted by Crippen LogP contribution is 2.65. The topological polar surface area (TPSA) is 171 Å². The van der Waals surface area contributed by atoms with Crippen molar-refractivity contribution >= 4 is 17.5 Å². The Balaban J connectivity index is 1.32. The zero-order chi connectivity index (χ0) is 33.2. The summed E-state index contributed by atoms with van der Waals surface area (Å²) in [6.07, 6.45) is -0.860. The minimum atomic E-state index is -1.77. The van der Waals surface area contributed by atoms with Crippen molar-refractivity contribution in [2.24, 2.45) is 46.3 Å². The molecular weight excluding hydrogens is 580 g/mol. The third kappa shape index (κ3) is 5.62. The zero-order valence-electron chi connectivity index (χ0n) is 27.4. The van der Waals surface area contributed by atoms with Crippen LogP contribution in [0.1, 0.15) is 92.9 Å². The third-order valence-corrected chi connectivity index (χ3v) is 12.4. The van der Waals surface area contributed by atoms with Crippen LogP contribution in [0, 0.1) is 46.3 Å². The summed E-state index contributed by atoms with van der Waals surface area (Å²) in [6.45, 7) is 12.5. The van der Waals surface area contributed by atoms with E-state index < -0.39 is 48.0 Å². The molecule has 1 saturated heterocycles. The highest BCUT2D eigenvalue weighted by molar-refractivity contribution is 6.02. The van der Waals surface area contributed by atoms with E-state index in [9.17, 15) is 39.9 Å². The number of allylic oxidation sites excluding steroid dienone is 4. The Hall–Kier alpha value is -2.11. The Kier molecular flexibility index (Phi) is 9.50. The van der Waals surface area contributed by atoms with Gasteiger partial charge in [-0.15, -0.1) is 0 Å². The molecule has 0 aromatic rings. The molecule has 0 aromatic heterocycles. The Morgan fingerprint density at radius 2 is 1.76 bits per heavy atom. The van der Waals surface area contributed by atoms with E-state index >= 15 is 0 Å². The lowest BCUT2D eigenvalue weighted by Gasteiger charge is -2.57. The summed E-state index contributed by atoms with van der Waals surface area (Å²) in [5.74, 6) is -1.73. The van der Waals surface area contributed by atoms with Crippen molar-refractivity contribution in [3.05, 3.63) is 23.0 Å². The van der Waals surface area contributed by atoms with Crippen LogP contribution in [0.4, 0.5) is 0 Å². The second-order valence-electron chi connectivity index (χ2n) is 15.3. The number of hydrogen-bond donors (Lipinski definition) is 5. The van der Waals surface area contributed by atoms with Crippen LogP contribution in [0.5, 0.6) is 0 Å². The van der Waals surface area contributed by atoms with E-state index in [1.807, 2.05) is 13.8 Å². The number of Topliss-reactive ketones (excluding diaryl/α,β-unsaturated/α-hetero) is 2. The molecule has 1 aliphatic heterocycles. The van der Waals surface area contributed by atoms with Crippen LogP contribution >= 0.6 is 0 Å². The predicted molar refractivity (Wildman–Crippen MR) is 164 cm³/mol. The standard InChI is InChI=1S/C35H52O10/c1-7-20(16(2)3)23(36)14-17(4)24-26(37)27(38)25-21-9-8-18-15-19(10-12-34(18,5)22(21)11-13-35(24,25)6)44-33-30(41)28(39)29(40)31(45-33)32(42)43/h9,16-20,22,25,28-31,33,37,39-41H,7-8,10-15H2,1-6H3,(H,42,43)/t17-,18+,19+,20+,22+,25+,28+,29+,30-,31+,33-,34+,35-/m1/s1. The SMILES string of the molecule is CC[C@H](C(=O)C[C@@H](C)C1=C(O)C(=O)[C@@H]2C3=CC[C@H]4C[C@@H](O[C@@H]5O[C@H](C(=O)O)[C@@H](O)[C@H](O)[C@H]5O)CC[C@]4(C)[C@H]3CC[C@]12C)C(C)C. The van der Waals surface area contributed by atoms with E-state index in [2.05, 4.69) is 33.8 Å². The third-order valence-electron chi connectivity index (χ3n) is 12.4. The molecule has 252 valence electrons. The molecule has 10 nitrogen and oxygen atoms in total. The first-order valence-corrected chi connectivity index (χ1v) is 16.8. The lowest BCUT2D eigenvalue weighted by atomic mass is 9.47. The van der Waals surface area contributed by atoms with Crippen molar-refractivity contribution in [2.45, 2.75) is 130 Å². The van der Waals surface area contributed by atoms with Crippen LogP contribution in [0.25, 0.3) is 0 Å². The van der Waals surface area contributed by atoms with Crippen molar-refractivity contribution < 1.29 is 49.4 Å². The number of carboxylic acids is 1. The molecule has 3 fully saturated rings. The first-order valence-electron chi connectivity index (χ1n) is 16.8. The lowest BCUT2D eigenvalue weighted by molar-refractivity contribution is -0.308. The molecule has 0 spiro atoms. The van der Waals surface area contributed by atoms with Crippen LogP contribution in [-0.4, -0.2) is 79.9 Å². The van der Waals surface area contributed by atoms with Gasteiger partial charge in [-0.25, -0.2) is 4.79 Å². The van der Waals surface area contributed by atoms with Crippen molar-refractivity contribution in [2.75, 3.05) is 0 Å². The van der Waals surface area contributed by atoms with Crippen LogP contribution in [0.2, 0.25) is 0 Å². The Labute approximate surface area is 265 Å². The maximum atomic E-state index is 13.8. The number of carbonyl (C=O) groups is 3. The fraction of sp³-hybridized carbons (Fsp3) is 0.800. The van der Waals surface area contributed by atoms with Gasteiger partial charge in [0.05, 0.1) is 12.0 Å². The molecule has 0 amide bonds. The number of aliphatic carboxylic acids is 1. The van der Waals surface area contributed by atoms with Gasteiger partial charge in [0.25, 0.3) is 0 Å². The predicted octanol–water partition coefficient (Wildman–Crippen LogP) is 4.11. The number of carbonyl (C=O) groups excluding carboxylic acids is 2. The second kappa shape index (κ2) is 12.5. The van der Waals surface area contributed by atoms with Gasteiger partial charge in [-0.3, -0.25) is 9.59 Å². The molecule has 45 heavy (non-hydrogen) atoms. The van der Waals surface area contributed by atoms with Gasteiger partial charge in [-0.2, -0.15) is 0 Å². The molecule has 10 heteroatoms. The molecule has 2 saturated carbocycles. The van der Waals surface area contributed by atoms with E-state index in [0.717, 1.165) is 36.8 Å². The highest BCUT2D eigenvalue weighted by Gasteiger charge is 2.61. The first-order chi connectivity index (χ1) is 21.1. The summed E-state index contributed by atoms with van der Waals surface area (Å²) in [4.78, 5) is 38.6. The fourth-order valence-electron chi connectivity index (χ4n) is 9.95. The number of carboxylic acid groups (broad SMARTS) is 1. The summed E-state index contributed by atoms with van der Waals surface area (Å²) in [6, 6.07) is 0. The van der Waals surface area contributed by atoms with Gasteiger partial charge in [0.2, 0.25) is 5.78 Å². The molecule has 5 aliphatic rings. The number of rotatable bonds is 9. The summed E-state index contributed by atoms with van der Waals surface area (Å²) >= 11 is 0. The Bertz CT molecular complexity index is 1250. The largest absolute Gasteiger partial charge is 0.504 e. The van der Waals surface area contributed by atoms with Crippen molar-refractivity contribution in [3.8, 4) is 0 Å². The van der Waals surface area contributed by atoms with Crippen molar-refractivity contribution in [1.82, 2.24) is 0 Å². The molecule has 0 unspecified atom stereocenters. The molecule has 13 atom stereocenters. The van der Waals surface area contributed by atoms with E-state index in [4.69, 9.17) is 9.47 Å². The van der Waals surface area contributed by atoms with Crippen LogP contribution in [0.15, 0.2) is 23.0 Å². The number of ether oxygens (including phenoxy) is 2. The minimum Gasteiger partial charge on any atom is -0.504 e. The quantitative estimate of drug-likeness (QED) is 0.233. The van der Waals surface area contributed by atoms with Crippen molar-refractivity contribution in [3.63, 3.8) is 0 Å². The minimum absolute atomic E-state index is 0.0353. The molecule has 0 aromatic carbocycles. The van der Waals surface area contributed by atoms with Crippen LogP contribution < -0.4 is 0 Å². The highest BCUT2D eigenvalue weighted by atomic mass is 16.7. The Morgan fingerprint density at radius 3 is 2.38 bits per heavy atom. The summed E-state index contributed by atoms with van der Waals surface area (Å²) in [5.41, 5.74) is 1.19. The van der Waals surface area contributed by atoms with Gasteiger partial charge < -0.3 is 35.0 Å². The molecule has 5 N–H and O–H groups in total. The normalized spacial score (nSPS) is 42.8. The average molecular weight is 633 g/mol. The second-order valence-corrected chi connectivity index (χ2v) is 15.3. The summed E-state index contributed by atoms with van der Waals surface area (Å²) < 4.78 is 11.4. The molecular formula is C35H52O10. The monoisotopic (exact) mass is 632 g/mol. The summed E-state index contributed by atoms with van der Waals surface area (Å²) in [7, 11) is 0. The summed E-state index contributed by atoms with van der Waals surface area (Å²) in [5, 5.41) is 51.4. The maximum absolute atomic E-state index is 13.8. The van der Waals surface area contributed by atoms with Gasteiger partial charge >= 0.3 is 5.97 Å². The van der Waals surface area contributed by atoms with Gasteiger partial charge in [-0.05, 0) is 79.6 Å². The smallest absolute Gasteiger partial charge is 0.335 e. The van der Waals surface area contributed by atoms with Crippen molar-refractivity contribution in [1.29, 1.82) is 0 Å². The van der Waals surface area contributed by atoms with Crippen LogP contribution in [0.3, 0.4) is 0 Å².